The van der Waals surface area contributed by atoms with Crippen molar-refractivity contribution in [2.45, 2.75) is 25.3 Å². The number of halogens is 1. The molecular weight excluding hydrogens is 282 g/mol. The molecule has 1 aromatic carbocycles. The Morgan fingerprint density at radius 1 is 1.10 bits per heavy atom. The number of alkyl halides is 1. The molecule has 0 aliphatic rings. The van der Waals surface area contributed by atoms with Crippen LogP contribution < -0.4 is 19.5 Å². The second-order valence-corrected chi connectivity index (χ2v) is 4.91. The minimum Gasteiger partial charge on any atom is -0.496 e. The third-order valence-corrected chi connectivity index (χ3v) is 3.08. The predicted molar refractivity (Wildman–Crippen MR) is 78.0 cm³/mol. The molecule has 112 valence electrons. The van der Waals surface area contributed by atoms with Gasteiger partial charge in [-0.2, -0.15) is 0 Å². The largest absolute Gasteiger partial charge is 0.496 e. The summed E-state index contributed by atoms with van der Waals surface area (Å²) in [7, 11) is 4.54. The Labute approximate surface area is 124 Å². The normalized spacial score (nSPS) is 11.9. The highest BCUT2D eigenvalue weighted by molar-refractivity contribution is 6.31. The average molecular weight is 302 g/mol. The molecule has 0 aliphatic carbocycles. The van der Waals surface area contributed by atoms with Gasteiger partial charge in [0.1, 0.15) is 22.6 Å². The van der Waals surface area contributed by atoms with Crippen LogP contribution in [0.1, 0.15) is 24.8 Å². The lowest BCUT2D eigenvalue weighted by atomic mass is 10.1. The van der Waals surface area contributed by atoms with Crippen LogP contribution in [0.4, 0.5) is 0 Å². The SMILES string of the molecule is COc1cc(OC)c(C(Cl)C(=O)NC(C)C)c(OC)c1. The maximum Gasteiger partial charge on any atom is 0.243 e. The predicted octanol–water partition coefficient (Wildman–Crippen LogP) is 2.52. The number of rotatable bonds is 6. The van der Waals surface area contributed by atoms with Crippen molar-refractivity contribution in [3.05, 3.63) is 17.7 Å². The van der Waals surface area contributed by atoms with E-state index in [9.17, 15) is 4.79 Å². The second kappa shape index (κ2) is 7.24. The summed E-state index contributed by atoms with van der Waals surface area (Å²) in [5.41, 5.74) is 0.482. The van der Waals surface area contributed by atoms with Gasteiger partial charge in [-0.1, -0.05) is 0 Å². The Balaban J connectivity index is 3.24. The quantitative estimate of drug-likeness (QED) is 0.820. The molecule has 0 aromatic heterocycles. The molecule has 1 amide bonds. The molecule has 20 heavy (non-hydrogen) atoms. The maximum atomic E-state index is 12.1. The summed E-state index contributed by atoms with van der Waals surface area (Å²) in [6, 6.07) is 3.32. The van der Waals surface area contributed by atoms with Gasteiger partial charge >= 0.3 is 0 Å². The van der Waals surface area contributed by atoms with Crippen molar-refractivity contribution in [1.29, 1.82) is 0 Å². The van der Waals surface area contributed by atoms with Crippen LogP contribution in [0.15, 0.2) is 12.1 Å². The highest BCUT2D eigenvalue weighted by atomic mass is 35.5. The molecule has 0 radical (unpaired) electrons. The van der Waals surface area contributed by atoms with Crippen LogP contribution in [0.2, 0.25) is 0 Å². The highest BCUT2D eigenvalue weighted by Gasteiger charge is 2.26. The molecule has 5 nitrogen and oxygen atoms in total. The topological polar surface area (TPSA) is 56.8 Å². The summed E-state index contributed by atoms with van der Waals surface area (Å²) in [6.45, 7) is 3.73. The van der Waals surface area contributed by atoms with E-state index in [1.807, 2.05) is 13.8 Å². The van der Waals surface area contributed by atoms with Crippen LogP contribution in [-0.4, -0.2) is 33.3 Å². The molecule has 0 fully saturated rings. The van der Waals surface area contributed by atoms with Crippen LogP contribution in [0.3, 0.4) is 0 Å². The fourth-order valence-electron chi connectivity index (χ4n) is 1.77. The van der Waals surface area contributed by atoms with Crippen molar-refractivity contribution in [3.63, 3.8) is 0 Å². The molecule has 0 heterocycles. The minimum atomic E-state index is -0.909. The number of methoxy groups -OCH3 is 3. The average Bonchev–Trinajstić information content (AvgIpc) is 2.43. The van der Waals surface area contributed by atoms with Crippen LogP contribution in [0.25, 0.3) is 0 Å². The summed E-state index contributed by atoms with van der Waals surface area (Å²) in [5, 5.41) is 1.85. The highest BCUT2D eigenvalue weighted by Crippen LogP contribution is 2.40. The van der Waals surface area contributed by atoms with E-state index in [0.29, 0.717) is 22.8 Å². The fraction of sp³-hybridized carbons (Fsp3) is 0.500. The van der Waals surface area contributed by atoms with Crippen LogP contribution in [0.5, 0.6) is 17.2 Å². The number of carbonyl (C=O) groups excluding carboxylic acids is 1. The molecular formula is C14H20ClNO4. The lowest BCUT2D eigenvalue weighted by Crippen LogP contribution is -2.33. The number of hydrogen-bond donors (Lipinski definition) is 1. The smallest absolute Gasteiger partial charge is 0.243 e. The van der Waals surface area contributed by atoms with E-state index in [0.717, 1.165) is 0 Å². The first-order valence-corrected chi connectivity index (χ1v) is 6.62. The van der Waals surface area contributed by atoms with Crippen LogP contribution in [-0.2, 0) is 4.79 Å². The van der Waals surface area contributed by atoms with Crippen molar-refractivity contribution in [2.24, 2.45) is 0 Å². The van der Waals surface area contributed by atoms with E-state index >= 15 is 0 Å². The number of amides is 1. The molecule has 1 aromatic rings. The van der Waals surface area contributed by atoms with Gasteiger partial charge in [0.2, 0.25) is 5.91 Å². The van der Waals surface area contributed by atoms with Gasteiger partial charge in [-0.25, -0.2) is 0 Å². The summed E-state index contributed by atoms with van der Waals surface area (Å²) in [4.78, 5) is 12.1. The molecule has 1 N–H and O–H groups in total. The van der Waals surface area contributed by atoms with E-state index in [4.69, 9.17) is 25.8 Å². The van der Waals surface area contributed by atoms with Gasteiger partial charge in [-0.3, -0.25) is 4.79 Å². The van der Waals surface area contributed by atoms with E-state index in [1.165, 1.54) is 21.3 Å². The van der Waals surface area contributed by atoms with Crippen molar-refractivity contribution in [1.82, 2.24) is 5.32 Å². The first kappa shape index (κ1) is 16.4. The van der Waals surface area contributed by atoms with Gasteiger partial charge in [-0.15, -0.1) is 11.6 Å². The van der Waals surface area contributed by atoms with E-state index in [-0.39, 0.29) is 11.9 Å². The standard InChI is InChI=1S/C14H20ClNO4/c1-8(2)16-14(17)13(15)12-10(19-4)6-9(18-3)7-11(12)20-5/h6-8,13H,1-5H3,(H,16,17). The first-order valence-electron chi connectivity index (χ1n) is 6.18. The lowest BCUT2D eigenvalue weighted by molar-refractivity contribution is -0.121. The van der Waals surface area contributed by atoms with Gasteiger partial charge in [0.05, 0.1) is 26.9 Å². The van der Waals surface area contributed by atoms with Gasteiger partial charge in [-0.05, 0) is 13.8 Å². The summed E-state index contributed by atoms with van der Waals surface area (Å²) in [5.74, 6) is 1.15. The van der Waals surface area contributed by atoms with E-state index in [2.05, 4.69) is 5.32 Å². The zero-order chi connectivity index (χ0) is 15.3. The van der Waals surface area contributed by atoms with Crippen LogP contribution >= 0.6 is 11.6 Å². The van der Waals surface area contributed by atoms with Crippen molar-refractivity contribution >= 4 is 17.5 Å². The second-order valence-electron chi connectivity index (χ2n) is 4.47. The Morgan fingerprint density at radius 3 is 1.95 bits per heavy atom. The fourth-order valence-corrected chi connectivity index (χ4v) is 2.05. The van der Waals surface area contributed by atoms with Gasteiger partial charge in [0, 0.05) is 18.2 Å². The summed E-state index contributed by atoms with van der Waals surface area (Å²) in [6.07, 6.45) is 0. The van der Waals surface area contributed by atoms with Crippen LogP contribution in [0, 0.1) is 0 Å². The third kappa shape index (κ3) is 3.70. The number of nitrogens with one attached hydrogen (secondary N) is 1. The molecule has 0 saturated heterocycles. The number of benzene rings is 1. The molecule has 1 atom stereocenters. The Bertz CT molecular complexity index is 451. The zero-order valence-corrected chi connectivity index (χ0v) is 13.1. The summed E-state index contributed by atoms with van der Waals surface area (Å²) < 4.78 is 15.7. The Kier molecular flexibility index (Phi) is 5.95. The third-order valence-electron chi connectivity index (χ3n) is 2.67. The summed E-state index contributed by atoms with van der Waals surface area (Å²) >= 11 is 6.25. The van der Waals surface area contributed by atoms with E-state index < -0.39 is 5.38 Å². The zero-order valence-electron chi connectivity index (χ0n) is 12.3. The van der Waals surface area contributed by atoms with Gasteiger partial charge in [0.25, 0.3) is 0 Å². The van der Waals surface area contributed by atoms with E-state index in [1.54, 1.807) is 12.1 Å². The Morgan fingerprint density at radius 2 is 1.60 bits per heavy atom. The van der Waals surface area contributed by atoms with Crippen molar-refractivity contribution < 1.29 is 19.0 Å². The Hall–Kier alpha value is -1.62. The molecule has 1 unspecified atom stereocenters. The number of hydrogen-bond acceptors (Lipinski definition) is 4. The molecule has 1 rings (SSSR count). The first-order chi connectivity index (χ1) is 9.44. The molecule has 0 saturated carbocycles. The van der Waals surface area contributed by atoms with Gasteiger partial charge in [0.15, 0.2) is 0 Å². The monoisotopic (exact) mass is 301 g/mol. The van der Waals surface area contributed by atoms with Crippen molar-refractivity contribution in [3.8, 4) is 17.2 Å². The maximum absolute atomic E-state index is 12.1. The van der Waals surface area contributed by atoms with Gasteiger partial charge < -0.3 is 19.5 Å². The molecule has 0 bridgehead atoms. The number of carbonyl (C=O) groups is 1. The molecule has 0 spiro atoms. The molecule has 0 aliphatic heterocycles. The lowest BCUT2D eigenvalue weighted by Gasteiger charge is -2.19. The minimum absolute atomic E-state index is 0.000937. The van der Waals surface area contributed by atoms with Crippen molar-refractivity contribution in [2.75, 3.05) is 21.3 Å². The molecule has 6 heteroatoms. The number of ether oxygens (including phenoxy) is 3.